The standard InChI is InChI=1S/C19H16BrFN4OS/c20-13-3-7-15(8-4-13)22-17(26)11-27-19-24-23-18(25(19)16-9-10-16)12-1-5-14(21)6-2-12/h1-8,16H,9-11H2,(H,22,26). The lowest BCUT2D eigenvalue weighted by Gasteiger charge is -2.09. The van der Waals surface area contributed by atoms with Crippen LogP contribution in [0.4, 0.5) is 10.1 Å². The second-order valence-corrected chi connectivity index (χ2v) is 8.12. The van der Waals surface area contributed by atoms with E-state index < -0.39 is 0 Å². The van der Waals surface area contributed by atoms with E-state index in [4.69, 9.17) is 0 Å². The molecule has 1 N–H and O–H groups in total. The summed E-state index contributed by atoms with van der Waals surface area (Å²) in [6, 6.07) is 14.0. The lowest BCUT2D eigenvalue weighted by molar-refractivity contribution is -0.113. The Bertz CT molecular complexity index is 955. The van der Waals surface area contributed by atoms with E-state index in [0.717, 1.165) is 28.6 Å². The largest absolute Gasteiger partial charge is 0.325 e. The van der Waals surface area contributed by atoms with E-state index in [2.05, 4.69) is 36.0 Å². The van der Waals surface area contributed by atoms with Crippen molar-refractivity contribution < 1.29 is 9.18 Å². The molecule has 4 rings (SSSR count). The number of amides is 1. The van der Waals surface area contributed by atoms with Gasteiger partial charge in [-0.1, -0.05) is 27.7 Å². The summed E-state index contributed by atoms with van der Waals surface area (Å²) in [5.41, 5.74) is 1.57. The molecule has 1 fully saturated rings. The Hall–Kier alpha value is -2.19. The number of carbonyl (C=O) groups is 1. The predicted octanol–water partition coefficient (Wildman–Crippen LogP) is 4.91. The molecule has 0 atom stereocenters. The Labute approximate surface area is 168 Å². The minimum Gasteiger partial charge on any atom is -0.325 e. The molecule has 1 aromatic heterocycles. The number of hydrogen-bond donors (Lipinski definition) is 1. The Morgan fingerprint density at radius 3 is 2.52 bits per heavy atom. The van der Waals surface area contributed by atoms with E-state index in [1.165, 1.54) is 23.9 Å². The molecule has 3 aromatic rings. The molecule has 1 saturated carbocycles. The van der Waals surface area contributed by atoms with Gasteiger partial charge >= 0.3 is 0 Å². The molecule has 5 nitrogen and oxygen atoms in total. The van der Waals surface area contributed by atoms with Gasteiger partial charge in [0.1, 0.15) is 5.82 Å². The van der Waals surface area contributed by atoms with Crippen molar-refractivity contribution in [3.8, 4) is 11.4 Å². The number of carbonyl (C=O) groups excluding carboxylic acids is 1. The average molecular weight is 447 g/mol. The minimum atomic E-state index is -0.282. The fourth-order valence-electron chi connectivity index (χ4n) is 2.69. The Morgan fingerprint density at radius 2 is 1.85 bits per heavy atom. The van der Waals surface area contributed by atoms with E-state index in [1.807, 2.05) is 24.3 Å². The van der Waals surface area contributed by atoms with Gasteiger partial charge in [0.2, 0.25) is 5.91 Å². The fraction of sp³-hybridized carbons (Fsp3) is 0.211. The normalized spacial score (nSPS) is 13.6. The first-order chi connectivity index (χ1) is 13.1. The Morgan fingerprint density at radius 1 is 1.15 bits per heavy atom. The van der Waals surface area contributed by atoms with Crippen molar-refractivity contribution in [1.82, 2.24) is 14.8 Å². The highest BCUT2D eigenvalue weighted by Crippen LogP contribution is 2.41. The molecule has 0 bridgehead atoms. The van der Waals surface area contributed by atoms with Gasteiger partial charge in [-0.3, -0.25) is 9.36 Å². The molecule has 1 aliphatic rings. The second kappa shape index (κ2) is 7.82. The van der Waals surface area contributed by atoms with Gasteiger partial charge < -0.3 is 5.32 Å². The number of halogens is 2. The van der Waals surface area contributed by atoms with Crippen LogP contribution in [0.5, 0.6) is 0 Å². The maximum Gasteiger partial charge on any atom is 0.234 e. The Balaban J connectivity index is 1.46. The van der Waals surface area contributed by atoms with Gasteiger partial charge in [0, 0.05) is 21.8 Å². The summed E-state index contributed by atoms with van der Waals surface area (Å²) in [5, 5.41) is 12.1. The van der Waals surface area contributed by atoms with Crippen LogP contribution in [0.1, 0.15) is 18.9 Å². The zero-order chi connectivity index (χ0) is 18.8. The van der Waals surface area contributed by atoms with Crippen LogP contribution >= 0.6 is 27.7 Å². The highest BCUT2D eigenvalue weighted by atomic mass is 79.9. The summed E-state index contributed by atoms with van der Waals surface area (Å²) < 4.78 is 16.2. The summed E-state index contributed by atoms with van der Waals surface area (Å²) in [6.07, 6.45) is 2.12. The summed E-state index contributed by atoms with van der Waals surface area (Å²) in [7, 11) is 0. The van der Waals surface area contributed by atoms with Gasteiger partial charge in [-0.05, 0) is 61.4 Å². The van der Waals surface area contributed by atoms with Gasteiger partial charge in [0.15, 0.2) is 11.0 Å². The molecule has 0 spiro atoms. The molecule has 1 amide bonds. The van der Waals surface area contributed by atoms with Crippen molar-refractivity contribution in [2.24, 2.45) is 0 Å². The minimum absolute atomic E-state index is 0.101. The van der Waals surface area contributed by atoms with Crippen molar-refractivity contribution >= 4 is 39.3 Å². The van der Waals surface area contributed by atoms with Crippen LogP contribution in [0, 0.1) is 5.82 Å². The van der Waals surface area contributed by atoms with Crippen molar-refractivity contribution in [3.05, 3.63) is 58.8 Å². The number of nitrogens with one attached hydrogen (secondary N) is 1. The second-order valence-electron chi connectivity index (χ2n) is 6.26. The molecule has 0 aliphatic heterocycles. The third kappa shape index (κ3) is 4.39. The number of benzene rings is 2. The lowest BCUT2D eigenvalue weighted by Crippen LogP contribution is -2.14. The quantitative estimate of drug-likeness (QED) is 0.546. The molecule has 8 heteroatoms. The van der Waals surface area contributed by atoms with E-state index in [9.17, 15) is 9.18 Å². The van der Waals surface area contributed by atoms with Crippen LogP contribution in [0.15, 0.2) is 58.2 Å². The summed E-state index contributed by atoms with van der Waals surface area (Å²) >= 11 is 4.73. The third-order valence-corrected chi connectivity index (χ3v) is 5.61. The SMILES string of the molecule is O=C(CSc1nnc(-c2ccc(F)cc2)n1C1CC1)Nc1ccc(Br)cc1. The summed E-state index contributed by atoms with van der Waals surface area (Å²) in [5.74, 6) is 0.574. The number of nitrogens with zero attached hydrogens (tertiary/aromatic N) is 3. The molecule has 2 aromatic carbocycles. The zero-order valence-corrected chi connectivity index (χ0v) is 16.6. The first kappa shape index (κ1) is 18.2. The van der Waals surface area contributed by atoms with Crippen LogP contribution in [-0.2, 0) is 4.79 Å². The molecule has 0 unspecified atom stereocenters. The summed E-state index contributed by atoms with van der Waals surface area (Å²) in [6.45, 7) is 0. The maximum atomic E-state index is 13.2. The maximum absolute atomic E-state index is 13.2. The van der Waals surface area contributed by atoms with Crippen molar-refractivity contribution in [3.63, 3.8) is 0 Å². The first-order valence-corrected chi connectivity index (χ1v) is 10.3. The molecule has 27 heavy (non-hydrogen) atoms. The third-order valence-electron chi connectivity index (χ3n) is 4.14. The molecule has 0 saturated heterocycles. The number of thioether (sulfide) groups is 1. The fourth-order valence-corrected chi connectivity index (χ4v) is 3.76. The van der Waals surface area contributed by atoms with Crippen molar-refractivity contribution in [2.75, 3.05) is 11.1 Å². The van der Waals surface area contributed by atoms with E-state index >= 15 is 0 Å². The lowest BCUT2D eigenvalue weighted by atomic mass is 10.2. The molecule has 0 radical (unpaired) electrons. The van der Waals surface area contributed by atoms with E-state index in [-0.39, 0.29) is 17.5 Å². The number of aromatic nitrogens is 3. The highest BCUT2D eigenvalue weighted by molar-refractivity contribution is 9.10. The van der Waals surface area contributed by atoms with Crippen molar-refractivity contribution in [2.45, 2.75) is 24.0 Å². The van der Waals surface area contributed by atoms with Crippen LogP contribution in [-0.4, -0.2) is 26.4 Å². The number of anilines is 1. The first-order valence-electron chi connectivity index (χ1n) is 8.49. The average Bonchev–Trinajstić information content (AvgIpc) is 3.42. The van der Waals surface area contributed by atoms with Gasteiger partial charge in [0.25, 0.3) is 0 Å². The van der Waals surface area contributed by atoms with Gasteiger partial charge in [-0.25, -0.2) is 4.39 Å². The van der Waals surface area contributed by atoms with Crippen LogP contribution in [0.25, 0.3) is 11.4 Å². The van der Waals surface area contributed by atoms with Crippen LogP contribution in [0.2, 0.25) is 0 Å². The predicted molar refractivity (Wildman–Crippen MR) is 107 cm³/mol. The molecular formula is C19H16BrFN4OS. The molecule has 1 heterocycles. The van der Waals surface area contributed by atoms with E-state index in [1.54, 1.807) is 12.1 Å². The Kier molecular flexibility index (Phi) is 5.27. The highest BCUT2D eigenvalue weighted by Gasteiger charge is 2.30. The van der Waals surface area contributed by atoms with E-state index in [0.29, 0.717) is 17.0 Å². The van der Waals surface area contributed by atoms with Gasteiger partial charge in [-0.2, -0.15) is 0 Å². The smallest absolute Gasteiger partial charge is 0.234 e. The number of hydrogen-bond acceptors (Lipinski definition) is 4. The van der Waals surface area contributed by atoms with Crippen LogP contribution < -0.4 is 5.32 Å². The number of rotatable bonds is 6. The van der Waals surface area contributed by atoms with Crippen molar-refractivity contribution in [1.29, 1.82) is 0 Å². The van der Waals surface area contributed by atoms with Gasteiger partial charge in [-0.15, -0.1) is 10.2 Å². The zero-order valence-electron chi connectivity index (χ0n) is 14.2. The van der Waals surface area contributed by atoms with Crippen LogP contribution in [0.3, 0.4) is 0 Å². The topological polar surface area (TPSA) is 59.8 Å². The molecule has 1 aliphatic carbocycles. The molecule has 138 valence electrons. The molecular weight excluding hydrogens is 431 g/mol. The monoisotopic (exact) mass is 446 g/mol. The van der Waals surface area contributed by atoms with Gasteiger partial charge in [0.05, 0.1) is 5.75 Å². The summed E-state index contributed by atoms with van der Waals surface area (Å²) in [4.78, 5) is 12.2.